The molecule has 0 unspecified atom stereocenters. The molecule has 1 N–H and O–H groups in total. The molecule has 0 saturated carbocycles. The number of carbonyl (C=O) groups is 2. The van der Waals surface area contributed by atoms with Crippen LogP contribution in [-0.4, -0.2) is 56.6 Å². The Morgan fingerprint density at radius 1 is 1.06 bits per heavy atom. The number of halogens is 2. The van der Waals surface area contributed by atoms with Gasteiger partial charge in [0.2, 0.25) is 21.8 Å². The fourth-order valence-electron chi connectivity index (χ4n) is 3.28. The molecular weight excluding hydrogens is 513 g/mol. The summed E-state index contributed by atoms with van der Waals surface area (Å²) in [6.07, 6.45) is 0.985. The molecule has 2 aromatic rings. The van der Waals surface area contributed by atoms with E-state index in [1.807, 2.05) is 20.8 Å². The normalized spacial score (nSPS) is 12.6. The summed E-state index contributed by atoms with van der Waals surface area (Å²) in [4.78, 5) is 27.8. The van der Waals surface area contributed by atoms with Crippen LogP contribution in [0.3, 0.4) is 0 Å². The van der Waals surface area contributed by atoms with Crippen molar-refractivity contribution in [2.45, 2.75) is 45.8 Å². The number of methoxy groups -OCH3 is 1. The second kappa shape index (κ2) is 11.5. The molecule has 0 aliphatic heterocycles. The number of benzene rings is 2. The Labute approximate surface area is 217 Å². The van der Waals surface area contributed by atoms with Crippen LogP contribution in [-0.2, 0) is 26.2 Å². The smallest absolute Gasteiger partial charge is 0.244 e. The monoisotopic (exact) mass is 543 g/mol. The van der Waals surface area contributed by atoms with Gasteiger partial charge in [-0.3, -0.25) is 13.9 Å². The number of hydrogen-bond acceptors (Lipinski definition) is 5. The van der Waals surface area contributed by atoms with Crippen molar-refractivity contribution >= 4 is 50.7 Å². The van der Waals surface area contributed by atoms with Crippen molar-refractivity contribution in [2.24, 2.45) is 0 Å². The SMILES string of the molecule is COc1ccc(CN(C(=O)CN(c2cc(Cl)cc(Cl)c2)S(C)(=O)=O)[C@@H](C)C(=O)NC(C)(C)C)cc1. The Morgan fingerprint density at radius 2 is 1.60 bits per heavy atom. The van der Waals surface area contributed by atoms with Crippen molar-refractivity contribution in [1.29, 1.82) is 0 Å². The van der Waals surface area contributed by atoms with E-state index >= 15 is 0 Å². The minimum absolute atomic E-state index is 0.0788. The maximum atomic E-state index is 13.5. The molecule has 192 valence electrons. The van der Waals surface area contributed by atoms with E-state index in [1.54, 1.807) is 38.3 Å². The summed E-state index contributed by atoms with van der Waals surface area (Å²) in [5.74, 6) is -0.291. The lowest BCUT2D eigenvalue weighted by Gasteiger charge is -2.33. The zero-order valence-corrected chi connectivity index (χ0v) is 23.0. The highest BCUT2D eigenvalue weighted by Crippen LogP contribution is 2.27. The minimum atomic E-state index is -3.89. The van der Waals surface area contributed by atoms with E-state index in [0.717, 1.165) is 16.1 Å². The lowest BCUT2D eigenvalue weighted by molar-refractivity contribution is -0.140. The molecular formula is C24H31Cl2N3O5S. The van der Waals surface area contributed by atoms with E-state index in [2.05, 4.69) is 5.32 Å². The topological polar surface area (TPSA) is 96.0 Å². The average molecular weight is 545 g/mol. The van der Waals surface area contributed by atoms with Crippen LogP contribution in [0, 0.1) is 0 Å². The van der Waals surface area contributed by atoms with Gasteiger partial charge in [0, 0.05) is 22.1 Å². The van der Waals surface area contributed by atoms with Gasteiger partial charge in [0.15, 0.2) is 0 Å². The van der Waals surface area contributed by atoms with E-state index in [1.165, 1.54) is 23.1 Å². The fourth-order valence-corrected chi connectivity index (χ4v) is 4.63. The lowest BCUT2D eigenvalue weighted by Crippen LogP contribution is -2.54. The second-order valence-corrected chi connectivity index (χ2v) is 12.0. The number of ether oxygens (including phenoxy) is 1. The summed E-state index contributed by atoms with van der Waals surface area (Å²) in [5.41, 5.74) is 0.372. The van der Waals surface area contributed by atoms with E-state index in [0.29, 0.717) is 5.75 Å². The van der Waals surface area contributed by atoms with Crippen molar-refractivity contribution in [3.63, 3.8) is 0 Å². The molecule has 2 aromatic carbocycles. The zero-order chi connectivity index (χ0) is 26.6. The van der Waals surface area contributed by atoms with Gasteiger partial charge in [-0.25, -0.2) is 8.42 Å². The Bertz CT molecular complexity index is 1140. The quantitative estimate of drug-likeness (QED) is 0.513. The first kappa shape index (κ1) is 28.7. The zero-order valence-electron chi connectivity index (χ0n) is 20.6. The van der Waals surface area contributed by atoms with Crippen molar-refractivity contribution < 1.29 is 22.7 Å². The van der Waals surface area contributed by atoms with Crippen LogP contribution in [0.5, 0.6) is 5.75 Å². The minimum Gasteiger partial charge on any atom is -0.497 e. The first-order valence-electron chi connectivity index (χ1n) is 10.8. The molecule has 2 rings (SSSR count). The van der Waals surface area contributed by atoms with E-state index in [-0.39, 0.29) is 28.2 Å². The molecule has 0 saturated heterocycles. The fraction of sp³-hybridized carbons (Fsp3) is 0.417. The molecule has 0 heterocycles. The standard InChI is InChI=1S/C24H31Cl2N3O5S/c1-16(23(31)27-24(2,3)4)28(14-17-7-9-21(34-5)10-8-17)22(30)15-29(35(6,32)33)20-12-18(25)11-19(26)13-20/h7-13,16H,14-15H2,1-6H3,(H,27,31)/t16-/m0/s1. The molecule has 0 fully saturated rings. The highest BCUT2D eigenvalue weighted by molar-refractivity contribution is 7.92. The predicted octanol–water partition coefficient (Wildman–Crippen LogP) is 4.10. The third kappa shape index (κ3) is 8.59. The number of nitrogens with one attached hydrogen (secondary N) is 1. The molecule has 0 spiro atoms. The van der Waals surface area contributed by atoms with Gasteiger partial charge in [0.25, 0.3) is 0 Å². The maximum Gasteiger partial charge on any atom is 0.244 e. The Hall–Kier alpha value is -2.49. The lowest BCUT2D eigenvalue weighted by atomic mass is 10.1. The number of nitrogens with zero attached hydrogens (tertiary/aromatic N) is 2. The van der Waals surface area contributed by atoms with Crippen molar-refractivity contribution in [2.75, 3.05) is 24.2 Å². The van der Waals surface area contributed by atoms with Gasteiger partial charge in [0.1, 0.15) is 18.3 Å². The molecule has 0 radical (unpaired) electrons. The van der Waals surface area contributed by atoms with E-state index in [4.69, 9.17) is 27.9 Å². The number of rotatable bonds is 9. The van der Waals surface area contributed by atoms with Crippen LogP contribution in [0.1, 0.15) is 33.3 Å². The summed E-state index contributed by atoms with van der Waals surface area (Å²) in [5, 5.41) is 3.32. The summed E-state index contributed by atoms with van der Waals surface area (Å²) in [7, 11) is -2.34. The van der Waals surface area contributed by atoms with Crippen molar-refractivity contribution in [3.8, 4) is 5.75 Å². The molecule has 0 aromatic heterocycles. The van der Waals surface area contributed by atoms with Gasteiger partial charge >= 0.3 is 0 Å². The Balaban J connectivity index is 2.43. The number of anilines is 1. The van der Waals surface area contributed by atoms with Gasteiger partial charge in [-0.05, 0) is 63.6 Å². The molecule has 2 amide bonds. The van der Waals surface area contributed by atoms with Gasteiger partial charge in [0.05, 0.1) is 19.1 Å². The Kier molecular flexibility index (Phi) is 9.44. The molecule has 8 nitrogen and oxygen atoms in total. The molecule has 0 aliphatic rings. The second-order valence-electron chi connectivity index (χ2n) is 9.18. The van der Waals surface area contributed by atoms with Crippen molar-refractivity contribution in [1.82, 2.24) is 10.2 Å². The highest BCUT2D eigenvalue weighted by Gasteiger charge is 2.31. The van der Waals surface area contributed by atoms with Gasteiger partial charge in [-0.1, -0.05) is 35.3 Å². The van der Waals surface area contributed by atoms with Crippen LogP contribution in [0.2, 0.25) is 10.0 Å². The molecule has 1 atom stereocenters. The average Bonchev–Trinajstić information content (AvgIpc) is 2.72. The largest absolute Gasteiger partial charge is 0.497 e. The summed E-state index contributed by atoms with van der Waals surface area (Å²) in [6.45, 7) is 6.64. The van der Waals surface area contributed by atoms with Crippen LogP contribution >= 0.6 is 23.2 Å². The predicted molar refractivity (Wildman–Crippen MR) is 140 cm³/mol. The molecule has 0 bridgehead atoms. The first-order chi connectivity index (χ1) is 16.1. The summed E-state index contributed by atoms with van der Waals surface area (Å²) < 4.78 is 31.3. The van der Waals surface area contributed by atoms with Crippen LogP contribution in [0.4, 0.5) is 5.69 Å². The third-order valence-corrected chi connectivity index (χ3v) is 6.57. The van der Waals surface area contributed by atoms with E-state index < -0.39 is 34.1 Å². The van der Waals surface area contributed by atoms with E-state index in [9.17, 15) is 18.0 Å². The number of hydrogen-bond donors (Lipinski definition) is 1. The number of carbonyl (C=O) groups excluding carboxylic acids is 2. The van der Waals surface area contributed by atoms with Crippen LogP contribution < -0.4 is 14.4 Å². The first-order valence-corrected chi connectivity index (χ1v) is 13.4. The summed E-state index contributed by atoms with van der Waals surface area (Å²) in [6, 6.07) is 10.4. The van der Waals surface area contributed by atoms with Gasteiger partial charge in [-0.2, -0.15) is 0 Å². The molecule has 0 aliphatic carbocycles. The maximum absolute atomic E-state index is 13.5. The number of sulfonamides is 1. The molecule has 11 heteroatoms. The highest BCUT2D eigenvalue weighted by atomic mass is 35.5. The summed E-state index contributed by atoms with van der Waals surface area (Å²) >= 11 is 12.1. The number of amides is 2. The third-order valence-electron chi connectivity index (χ3n) is 4.99. The Morgan fingerprint density at radius 3 is 2.06 bits per heavy atom. The molecule has 35 heavy (non-hydrogen) atoms. The van der Waals surface area contributed by atoms with Crippen LogP contribution in [0.15, 0.2) is 42.5 Å². The van der Waals surface area contributed by atoms with Gasteiger partial charge < -0.3 is 15.0 Å². The van der Waals surface area contributed by atoms with Gasteiger partial charge in [-0.15, -0.1) is 0 Å². The van der Waals surface area contributed by atoms with Crippen molar-refractivity contribution in [3.05, 3.63) is 58.1 Å². The van der Waals surface area contributed by atoms with Crippen LogP contribution in [0.25, 0.3) is 0 Å².